The Morgan fingerprint density at radius 3 is 2.82 bits per heavy atom. The molecule has 2 rings (SSSR count). The van der Waals surface area contributed by atoms with Crippen molar-refractivity contribution < 1.29 is 0 Å². The normalized spacial score (nSPS) is 22.4. The van der Waals surface area contributed by atoms with Crippen molar-refractivity contribution in [1.29, 1.82) is 0 Å². The summed E-state index contributed by atoms with van der Waals surface area (Å²) in [6.07, 6.45) is 3.83. The van der Waals surface area contributed by atoms with Crippen molar-refractivity contribution in [3.8, 4) is 0 Å². The maximum absolute atomic E-state index is 3.75. The van der Waals surface area contributed by atoms with Gasteiger partial charge in [0.1, 0.15) is 0 Å². The van der Waals surface area contributed by atoms with Crippen LogP contribution in [0.5, 0.6) is 0 Å². The van der Waals surface area contributed by atoms with Crippen molar-refractivity contribution in [3.63, 3.8) is 0 Å². The standard InChI is InChI=1S/C14H20BrNS/c1-11(16-14-3-2-8-17-10-14)9-12-4-6-13(15)7-5-12/h4-7,11,14,16H,2-3,8-10H2,1H3. The Morgan fingerprint density at radius 2 is 2.18 bits per heavy atom. The van der Waals surface area contributed by atoms with Gasteiger partial charge < -0.3 is 5.32 Å². The first-order valence-electron chi connectivity index (χ1n) is 6.32. The number of hydrogen-bond acceptors (Lipinski definition) is 2. The topological polar surface area (TPSA) is 12.0 Å². The zero-order valence-corrected chi connectivity index (χ0v) is 12.7. The second kappa shape index (κ2) is 6.81. The van der Waals surface area contributed by atoms with Crippen LogP contribution in [0.4, 0.5) is 0 Å². The van der Waals surface area contributed by atoms with E-state index in [1.165, 1.54) is 29.9 Å². The van der Waals surface area contributed by atoms with Crippen molar-refractivity contribution in [3.05, 3.63) is 34.3 Å². The Labute approximate surface area is 117 Å². The molecule has 0 bridgehead atoms. The SMILES string of the molecule is CC(Cc1ccc(Br)cc1)NC1CCCSC1. The fraction of sp³-hybridized carbons (Fsp3) is 0.571. The number of hydrogen-bond donors (Lipinski definition) is 1. The molecule has 3 heteroatoms. The molecular formula is C14H20BrNS. The van der Waals surface area contributed by atoms with Crippen LogP contribution in [0.1, 0.15) is 25.3 Å². The van der Waals surface area contributed by atoms with Gasteiger partial charge in [-0.2, -0.15) is 11.8 Å². The van der Waals surface area contributed by atoms with Crippen LogP contribution >= 0.6 is 27.7 Å². The maximum Gasteiger partial charge on any atom is 0.0175 e. The van der Waals surface area contributed by atoms with Crippen molar-refractivity contribution in [2.45, 2.75) is 38.3 Å². The zero-order valence-electron chi connectivity index (χ0n) is 10.3. The first-order chi connectivity index (χ1) is 8.24. The number of halogens is 1. The Hall–Kier alpha value is 0.01000. The Morgan fingerprint density at radius 1 is 1.41 bits per heavy atom. The lowest BCUT2D eigenvalue weighted by molar-refractivity contribution is 0.441. The molecule has 1 aromatic carbocycles. The molecule has 2 unspecified atom stereocenters. The van der Waals surface area contributed by atoms with E-state index >= 15 is 0 Å². The summed E-state index contributed by atoms with van der Waals surface area (Å²) in [5.41, 5.74) is 1.41. The Balaban J connectivity index is 1.79. The van der Waals surface area contributed by atoms with Crippen LogP contribution in [-0.2, 0) is 6.42 Å². The Kier molecular flexibility index (Phi) is 5.39. The van der Waals surface area contributed by atoms with Crippen molar-refractivity contribution in [2.75, 3.05) is 11.5 Å². The van der Waals surface area contributed by atoms with Gasteiger partial charge >= 0.3 is 0 Å². The van der Waals surface area contributed by atoms with E-state index in [4.69, 9.17) is 0 Å². The molecule has 0 aliphatic carbocycles. The van der Waals surface area contributed by atoms with E-state index in [2.05, 4.69) is 64.2 Å². The lowest BCUT2D eigenvalue weighted by atomic mass is 10.1. The minimum absolute atomic E-state index is 0.569. The smallest absolute Gasteiger partial charge is 0.0175 e. The first kappa shape index (κ1) is 13.4. The molecule has 0 amide bonds. The molecular weight excluding hydrogens is 294 g/mol. The van der Waals surface area contributed by atoms with Crippen LogP contribution in [0.25, 0.3) is 0 Å². The van der Waals surface area contributed by atoms with Gasteiger partial charge in [0.25, 0.3) is 0 Å². The molecule has 1 fully saturated rings. The molecule has 1 aromatic rings. The second-order valence-electron chi connectivity index (χ2n) is 4.81. The third kappa shape index (κ3) is 4.65. The van der Waals surface area contributed by atoms with Gasteiger partial charge in [-0.05, 0) is 49.6 Å². The molecule has 2 atom stereocenters. The third-order valence-corrected chi connectivity index (χ3v) is 4.88. The summed E-state index contributed by atoms with van der Waals surface area (Å²) >= 11 is 5.56. The highest BCUT2D eigenvalue weighted by atomic mass is 79.9. The summed E-state index contributed by atoms with van der Waals surface area (Å²) < 4.78 is 1.16. The minimum atomic E-state index is 0.569. The van der Waals surface area contributed by atoms with Crippen LogP contribution in [0.3, 0.4) is 0 Å². The van der Waals surface area contributed by atoms with E-state index in [0.29, 0.717) is 6.04 Å². The summed E-state index contributed by atoms with van der Waals surface area (Å²) in [5, 5.41) is 3.75. The molecule has 1 heterocycles. The molecule has 0 spiro atoms. The van der Waals surface area contributed by atoms with Crippen LogP contribution in [0, 0.1) is 0 Å². The highest BCUT2D eigenvalue weighted by Gasteiger charge is 2.15. The lowest BCUT2D eigenvalue weighted by Gasteiger charge is -2.26. The average Bonchev–Trinajstić information content (AvgIpc) is 2.33. The van der Waals surface area contributed by atoms with Crippen molar-refractivity contribution in [1.82, 2.24) is 5.32 Å². The molecule has 17 heavy (non-hydrogen) atoms. The molecule has 0 saturated carbocycles. The van der Waals surface area contributed by atoms with E-state index in [1.54, 1.807) is 0 Å². The molecule has 0 radical (unpaired) electrons. The highest BCUT2D eigenvalue weighted by molar-refractivity contribution is 9.10. The molecule has 1 nitrogen and oxygen atoms in total. The predicted molar refractivity (Wildman–Crippen MR) is 80.8 cm³/mol. The lowest BCUT2D eigenvalue weighted by Crippen LogP contribution is -2.40. The number of thioether (sulfide) groups is 1. The van der Waals surface area contributed by atoms with Gasteiger partial charge in [-0.25, -0.2) is 0 Å². The van der Waals surface area contributed by atoms with Crippen LogP contribution in [-0.4, -0.2) is 23.6 Å². The predicted octanol–water partition coefficient (Wildman–Crippen LogP) is 3.87. The molecule has 94 valence electrons. The maximum atomic E-state index is 3.75. The second-order valence-corrected chi connectivity index (χ2v) is 6.88. The Bertz CT molecular complexity index is 333. The minimum Gasteiger partial charge on any atom is -0.310 e. The summed E-state index contributed by atoms with van der Waals surface area (Å²) in [7, 11) is 0. The quantitative estimate of drug-likeness (QED) is 0.905. The van der Waals surface area contributed by atoms with Gasteiger partial charge in [0.15, 0.2) is 0 Å². The van der Waals surface area contributed by atoms with E-state index in [1.807, 2.05) is 0 Å². The van der Waals surface area contributed by atoms with Gasteiger partial charge in [0.05, 0.1) is 0 Å². The largest absolute Gasteiger partial charge is 0.310 e. The fourth-order valence-electron chi connectivity index (χ4n) is 2.31. The molecule has 0 aromatic heterocycles. The summed E-state index contributed by atoms with van der Waals surface area (Å²) in [6.45, 7) is 2.29. The first-order valence-corrected chi connectivity index (χ1v) is 8.27. The van der Waals surface area contributed by atoms with Crippen molar-refractivity contribution >= 4 is 27.7 Å². The van der Waals surface area contributed by atoms with Gasteiger partial charge in [0, 0.05) is 22.3 Å². The van der Waals surface area contributed by atoms with Crippen LogP contribution in [0.15, 0.2) is 28.7 Å². The molecule has 1 N–H and O–H groups in total. The zero-order chi connectivity index (χ0) is 12.1. The summed E-state index contributed by atoms with van der Waals surface area (Å²) in [4.78, 5) is 0. The van der Waals surface area contributed by atoms with Gasteiger partial charge in [-0.1, -0.05) is 28.1 Å². The average molecular weight is 314 g/mol. The molecule has 1 saturated heterocycles. The summed E-state index contributed by atoms with van der Waals surface area (Å²) in [5.74, 6) is 2.63. The monoisotopic (exact) mass is 313 g/mol. The van der Waals surface area contributed by atoms with E-state index < -0.39 is 0 Å². The third-order valence-electron chi connectivity index (χ3n) is 3.14. The molecule has 1 aliphatic rings. The van der Waals surface area contributed by atoms with Crippen LogP contribution in [0.2, 0.25) is 0 Å². The molecule has 1 aliphatic heterocycles. The number of rotatable bonds is 4. The van der Waals surface area contributed by atoms with Gasteiger partial charge in [0.2, 0.25) is 0 Å². The van der Waals surface area contributed by atoms with E-state index in [9.17, 15) is 0 Å². The van der Waals surface area contributed by atoms with Crippen molar-refractivity contribution in [2.24, 2.45) is 0 Å². The van der Waals surface area contributed by atoms with Crippen LogP contribution < -0.4 is 5.32 Å². The fourth-order valence-corrected chi connectivity index (χ4v) is 3.66. The van der Waals surface area contributed by atoms with E-state index in [0.717, 1.165) is 16.9 Å². The summed E-state index contributed by atoms with van der Waals surface area (Å²) in [6, 6.07) is 9.95. The van der Waals surface area contributed by atoms with Gasteiger partial charge in [-0.15, -0.1) is 0 Å². The van der Waals surface area contributed by atoms with Gasteiger partial charge in [-0.3, -0.25) is 0 Å². The highest BCUT2D eigenvalue weighted by Crippen LogP contribution is 2.18. The number of benzene rings is 1. The number of nitrogens with one attached hydrogen (secondary N) is 1. The van der Waals surface area contributed by atoms with E-state index in [-0.39, 0.29) is 0 Å².